The lowest BCUT2D eigenvalue weighted by Gasteiger charge is -2.13. The average Bonchev–Trinajstić information content (AvgIpc) is 3.12. The number of thiophene rings is 1. The number of hydrogen-bond donors (Lipinski definition) is 0. The van der Waals surface area contributed by atoms with Crippen LogP contribution < -0.4 is 0 Å². The van der Waals surface area contributed by atoms with Gasteiger partial charge in [-0.2, -0.15) is 0 Å². The number of nitrogens with zero attached hydrogens (tertiary/aromatic N) is 1. The quantitative estimate of drug-likeness (QED) is 0.451. The molecule has 5 heteroatoms. The predicted molar refractivity (Wildman–Crippen MR) is 108 cm³/mol. The molecule has 0 aliphatic heterocycles. The molecule has 3 aromatic rings. The lowest BCUT2D eigenvalue weighted by Crippen LogP contribution is -2.25. The van der Waals surface area contributed by atoms with Crippen LogP contribution in [0.25, 0.3) is 5.69 Å². The second-order valence-electron chi connectivity index (χ2n) is 6.69. The number of aromatic nitrogens is 1. The average molecular weight is 381 g/mol. The number of carbonyl (C=O) groups excluding carboxylic acids is 2. The highest BCUT2D eigenvalue weighted by Crippen LogP contribution is 2.24. The van der Waals surface area contributed by atoms with Crippen LogP contribution in [0.15, 0.2) is 42.5 Å². The predicted octanol–water partition coefficient (Wildman–Crippen LogP) is 5.20. The van der Waals surface area contributed by atoms with Crippen LogP contribution in [0.4, 0.5) is 0 Å². The standard InChI is InChI=1S/C22H23NO3S/c1-13-11-19(15(3)23(13)18-9-7-6-8-10-18)21(24)16(4)26-22(25)20-12-14(2)27-17(20)5/h6-12,16H,1-5H3/t16-/m1/s1. The molecule has 0 saturated heterocycles. The summed E-state index contributed by atoms with van der Waals surface area (Å²) in [7, 11) is 0. The van der Waals surface area contributed by atoms with E-state index in [0.717, 1.165) is 26.8 Å². The Morgan fingerprint density at radius 3 is 2.26 bits per heavy atom. The zero-order valence-corrected chi connectivity index (χ0v) is 17.0. The minimum absolute atomic E-state index is 0.191. The highest BCUT2D eigenvalue weighted by atomic mass is 32.1. The molecule has 0 radical (unpaired) electrons. The van der Waals surface area contributed by atoms with Gasteiger partial charge in [0, 0.05) is 32.4 Å². The van der Waals surface area contributed by atoms with Crippen molar-refractivity contribution in [3.05, 3.63) is 74.7 Å². The number of benzene rings is 1. The van der Waals surface area contributed by atoms with Crippen LogP contribution in [0.2, 0.25) is 0 Å². The van der Waals surface area contributed by atoms with E-state index >= 15 is 0 Å². The molecule has 3 rings (SSSR count). The molecule has 4 nitrogen and oxygen atoms in total. The van der Waals surface area contributed by atoms with Gasteiger partial charge in [-0.25, -0.2) is 4.79 Å². The van der Waals surface area contributed by atoms with E-state index in [9.17, 15) is 9.59 Å². The largest absolute Gasteiger partial charge is 0.451 e. The number of hydrogen-bond acceptors (Lipinski definition) is 4. The van der Waals surface area contributed by atoms with Gasteiger partial charge in [0.1, 0.15) is 0 Å². The first-order chi connectivity index (χ1) is 12.8. The lowest BCUT2D eigenvalue weighted by atomic mass is 10.1. The first kappa shape index (κ1) is 19.1. The molecule has 0 amide bonds. The summed E-state index contributed by atoms with van der Waals surface area (Å²) in [4.78, 5) is 27.3. The second-order valence-corrected chi connectivity index (χ2v) is 8.15. The van der Waals surface area contributed by atoms with Gasteiger partial charge in [0.05, 0.1) is 5.56 Å². The Morgan fingerprint density at radius 1 is 1.00 bits per heavy atom. The van der Waals surface area contributed by atoms with Crippen molar-refractivity contribution >= 4 is 23.1 Å². The van der Waals surface area contributed by atoms with Crippen molar-refractivity contribution in [2.45, 2.75) is 40.7 Å². The van der Waals surface area contributed by atoms with Crippen molar-refractivity contribution in [1.29, 1.82) is 0 Å². The molecule has 1 atom stereocenters. The van der Waals surface area contributed by atoms with Crippen molar-refractivity contribution < 1.29 is 14.3 Å². The van der Waals surface area contributed by atoms with Crippen LogP contribution in [-0.2, 0) is 4.74 Å². The van der Waals surface area contributed by atoms with Gasteiger partial charge < -0.3 is 9.30 Å². The van der Waals surface area contributed by atoms with Crippen molar-refractivity contribution in [2.75, 3.05) is 0 Å². The molecular weight excluding hydrogens is 358 g/mol. The van der Waals surface area contributed by atoms with E-state index in [4.69, 9.17) is 4.74 Å². The van der Waals surface area contributed by atoms with Crippen LogP contribution in [0.5, 0.6) is 0 Å². The van der Waals surface area contributed by atoms with E-state index in [2.05, 4.69) is 0 Å². The summed E-state index contributed by atoms with van der Waals surface area (Å²) in [6, 6.07) is 13.5. The van der Waals surface area contributed by atoms with E-state index in [0.29, 0.717) is 11.1 Å². The van der Waals surface area contributed by atoms with Gasteiger partial charge in [0.25, 0.3) is 0 Å². The molecule has 2 heterocycles. The summed E-state index contributed by atoms with van der Waals surface area (Å²) in [6.45, 7) is 9.33. The molecule has 0 aliphatic rings. The summed E-state index contributed by atoms with van der Waals surface area (Å²) in [5.74, 6) is -0.641. The van der Waals surface area contributed by atoms with Gasteiger partial charge in [0.15, 0.2) is 6.10 Å². The maximum absolute atomic E-state index is 12.9. The Balaban J connectivity index is 1.84. The van der Waals surface area contributed by atoms with Gasteiger partial charge in [-0.05, 0) is 58.9 Å². The molecule has 0 unspecified atom stereocenters. The summed E-state index contributed by atoms with van der Waals surface area (Å²) < 4.78 is 7.50. The van der Waals surface area contributed by atoms with E-state index in [-0.39, 0.29) is 5.78 Å². The number of ether oxygens (including phenoxy) is 1. The number of rotatable bonds is 5. The molecule has 140 valence electrons. The Morgan fingerprint density at radius 2 is 1.67 bits per heavy atom. The summed E-state index contributed by atoms with van der Waals surface area (Å²) in [5, 5.41) is 0. The fraction of sp³-hybridized carbons (Fsp3) is 0.273. The fourth-order valence-electron chi connectivity index (χ4n) is 3.32. The maximum Gasteiger partial charge on any atom is 0.339 e. The van der Waals surface area contributed by atoms with Gasteiger partial charge in [0.2, 0.25) is 5.78 Å². The summed E-state index contributed by atoms with van der Waals surface area (Å²) >= 11 is 1.55. The molecular formula is C22H23NO3S. The Labute approximate surface area is 163 Å². The molecule has 0 fully saturated rings. The maximum atomic E-state index is 12.9. The molecule has 0 aliphatic carbocycles. The number of para-hydroxylation sites is 1. The zero-order chi connectivity index (χ0) is 19.7. The van der Waals surface area contributed by atoms with Gasteiger partial charge in [-0.3, -0.25) is 4.79 Å². The molecule has 2 aromatic heterocycles. The minimum atomic E-state index is -0.846. The third kappa shape index (κ3) is 3.74. The highest BCUT2D eigenvalue weighted by Gasteiger charge is 2.25. The minimum Gasteiger partial charge on any atom is -0.451 e. The molecule has 0 bridgehead atoms. The van der Waals surface area contributed by atoms with Crippen LogP contribution in [0.3, 0.4) is 0 Å². The SMILES string of the molecule is Cc1cc(C(=O)O[C@H](C)C(=O)c2cc(C)n(-c3ccccc3)c2C)c(C)s1. The fourth-order valence-corrected chi connectivity index (χ4v) is 4.23. The van der Waals surface area contributed by atoms with Crippen LogP contribution in [0.1, 0.15) is 48.8 Å². The second kappa shape index (κ2) is 7.53. The Kier molecular flexibility index (Phi) is 5.33. The number of ketones is 1. The highest BCUT2D eigenvalue weighted by molar-refractivity contribution is 7.12. The van der Waals surface area contributed by atoms with Crippen molar-refractivity contribution in [2.24, 2.45) is 0 Å². The number of aryl methyl sites for hydroxylation is 3. The van der Waals surface area contributed by atoms with E-state index in [1.807, 2.05) is 68.7 Å². The van der Waals surface area contributed by atoms with E-state index in [1.54, 1.807) is 24.3 Å². The van der Waals surface area contributed by atoms with Crippen LogP contribution in [0, 0.1) is 27.7 Å². The normalized spacial score (nSPS) is 12.0. The monoisotopic (exact) mass is 381 g/mol. The van der Waals surface area contributed by atoms with E-state index in [1.165, 1.54) is 0 Å². The zero-order valence-electron chi connectivity index (χ0n) is 16.2. The van der Waals surface area contributed by atoms with E-state index < -0.39 is 12.1 Å². The topological polar surface area (TPSA) is 48.3 Å². The van der Waals surface area contributed by atoms with Crippen molar-refractivity contribution in [1.82, 2.24) is 4.57 Å². The lowest BCUT2D eigenvalue weighted by molar-refractivity contribution is 0.0318. The summed E-state index contributed by atoms with van der Waals surface area (Å²) in [6.07, 6.45) is -0.846. The van der Waals surface area contributed by atoms with Crippen LogP contribution in [-0.4, -0.2) is 22.4 Å². The Hall–Kier alpha value is -2.66. The number of esters is 1. The molecule has 0 spiro atoms. The van der Waals surface area contributed by atoms with Gasteiger partial charge in [-0.15, -0.1) is 11.3 Å². The third-order valence-electron chi connectivity index (χ3n) is 4.62. The smallest absolute Gasteiger partial charge is 0.339 e. The van der Waals surface area contributed by atoms with Crippen molar-refractivity contribution in [3.8, 4) is 5.69 Å². The molecule has 1 aromatic carbocycles. The molecule has 0 saturated carbocycles. The summed E-state index contributed by atoms with van der Waals surface area (Å²) in [5.41, 5.74) is 3.92. The number of Topliss-reactive ketones (excluding diaryl/α,β-unsaturated/α-hetero) is 1. The van der Waals surface area contributed by atoms with Gasteiger partial charge >= 0.3 is 5.97 Å². The first-order valence-corrected chi connectivity index (χ1v) is 9.68. The Bertz CT molecular complexity index is 998. The van der Waals surface area contributed by atoms with Crippen LogP contribution >= 0.6 is 11.3 Å². The first-order valence-electron chi connectivity index (χ1n) is 8.86. The van der Waals surface area contributed by atoms with Crippen molar-refractivity contribution in [3.63, 3.8) is 0 Å². The third-order valence-corrected chi connectivity index (χ3v) is 5.59. The molecule has 27 heavy (non-hydrogen) atoms. The number of carbonyl (C=O) groups is 2. The molecule has 0 N–H and O–H groups in total. The van der Waals surface area contributed by atoms with Gasteiger partial charge in [-0.1, -0.05) is 18.2 Å².